The number of carbonyl (C=O) groups is 2. The van der Waals surface area contributed by atoms with Crippen LogP contribution in [0.15, 0.2) is 48.7 Å². The minimum atomic E-state index is -0.708. The van der Waals surface area contributed by atoms with Crippen LogP contribution >= 0.6 is 0 Å². The number of aryl methyl sites for hydroxylation is 1. The van der Waals surface area contributed by atoms with Gasteiger partial charge in [0, 0.05) is 25.0 Å². The molecule has 7 heteroatoms. The lowest BCUT2D eigenvalue weighted by molar-refractivity contribution is -0.139. The van der Waals surface area contributed by atoms with Crippen LogP contribution in [0.25, 0.3) is 5.65 Å². The lowest BCUT2D eigenvalue weighted by Crippen LogP contribution is -2.52. The Kier molecular flexibility index (Phi) is 4.65. The molecule has 1 aromatic carbocycles. The number of anilines is 1. The largest absolute Gasteiger partial charge is 0.476 e. The van der Waals surface area contributed by atoms with Crippen molar-refractivity contribution in [3.05, 3.63) is 60.0 Å². The molecule has 1 saturated heterocycles. The normalized spacial score (nSPS) is 18.8. The summed E-state index contributed by atoms with van der Waals surface area (Å²) in [6.07, 6.45) is 4.22. The second kappa shape index (κ2) is 7.48. The Morgan fingerprint density at radius 2 is 1.83 bits per heavy atom. The van der Waals surface area contributed by atoms with E-state index in [1.807, 2.05) is 52.6 Å². The Hall–Kier alpha value is -3.35. The van der Waals surface area contributed by atoms with Gasteiger partial charge < -0.3 is 14.0 Å². The van der Waals surface area contributed by atoms with Gasteiger partial charge >= 0.3 is 0 Å². The van der Waals surface area contributed by atoms with Crippen LogP contribution in [0.5, 0.6) is 5.75 Å². The first-order valence-electron chi connectivity index (χ1n) is 10.4. The Bertz CT molecular complexity index is 1120. The van der Waals surface area contributed by atoms with Crippen LogP contribution in [-0.4, -0.2) is 51.8 Å². The van der Waals surface area contributed by atoms with Crippen molar-refractivity contribution >= 4 is 23.1 Å². The molecule has 0 saturated carbocycles. The van der Waals surface area contributed by atoms with E-state index in [1.165, 1.54) is 0 Å². The Labute approximate surface area is 174 Å². The molecule has 0 spiro atoms. The zero-order valence-corrected chi connectivity index (χ0v) is 17.0. The number of aromatic nitrogens is 2. The second-order valence-electron chi connectivity index (χ2n) is 7.90. The van der Waals surface area contributed by atoms with E-state index in [4.69, 9.17) is 4.74 Å². The monoisotopic (exact) mass is 404 g/mol. The molecular weight excluding hydrogens is 380 g/mol. The van der Waals surface area contributed by atoms with Gasteiger partial charge in [0.1, 0.15) is 17.1 Å². The van der Waals surface area contributed by atoms with E-state index in [-0.39, 0.29) is 18.4 Å². The molecular formula is C23H24N4O3. The zero-order chi connectivity index (χ0) is 20.7. The molecule has 1 fully saturated rings. The van der Waals surface area contributed by atoms with Gasteiger partial charge in [0.25, 0.3) is 11.8 Å². The summed E-state index contributed by atoms with van der Waals surface area (Å²) in [4.78, 5) is 34.6. The summed E-state index contributed by atoms with van der Waals surface area (Å²) < 4.78 is 7.93. The number of para-hydroxylation sites is 2. The molecule has 4 heterocycles. The van der Waals surface area contributed by atoms with Crippen LogP contribution in [0.4, 0.5) is 5.69 Å². The fourth-order valence-corrected chi connectivity index (χ4v) is 4.26. The molecule has 5 rings (SSSR count). The number of ether oxygens (including phenoxy) is 1. The quantitative estimate of drug-likeness (QED) is 0.658. The number of rotatable bonds is 2. The first-order valence-corrected chi connectivity index (χ1v) is 10.4. The molecule has 0 N–H and O–H groups in total. The van der Waals surface area contributed by atoms with Crippen molar-refractivity contribution in [3.8, 4) is 5.75 Å². The summed E-state index contributed by atoms with van der Waals surface area (Å²) >= 11 is 0. The van der Waals surface area contributed by atoms with Crippen LogP contribution in [0.2, 0.25) is 0 Å². The maximum atomic E-state index is 13.5. The van der Waals surface area contributed by atoms with Crippen molar-refractivity contribution in [3.63, 3.8) is 0 Å². The molecule has 2 amide bonds. The lowest BCUT2D eigenvalue weighted by atomic mass is 10.1. The maximum Gasteiger partial charge on any atom is 0.278 e. The fourth-order valence-electron chi connectivity index (χ4n) is 4.26. The molecule has 154 valence electrons. The Morgan fingerprint density at radius 3 is 2.63 bits per heavy atom. The Balaban J connectivity index is 1.48. The minimum absolute atomic E-state index is 0.0483. The van der Waals surface area contributed by atoms with E-state index in [0.717, 1.165) is 43.7 Å². The molecule has 7 nitrogen and oxygen atoms in total. The summed E-state index contributed by atoms with van der Waals surface area (Å²) in [6, 6.07) is 13.1. The highest BCUT2D eigenvalue weighted by molar-refractivity contribution is 6.07. The number of likely N-dealkylation sites (tertiary alicyclic amines) is 1. The molecule has 1 atom stereocenters. The summed E-state index contributed by atoms with van der Waals surface area (Å²) in [7, 11) is 0. The van der Waals surface area contributed by atoms with Crippen molar-refractivity contribution in [1.82, 2.24) is 14.3 Å². The van der Waals surface area contributed by atoms with Crippen LogP contribution < -0.4 is 9.64 Å². The first-order chi connectivity index (χ1) is 14.6. The van der Waals surface area contributed by atoms with Crippen molar-refractivity contribution in [2.24, 2.45) is 0 Å². The van der Waals surface area contributed by atoms with Gasteiger partial charge in [-0.1, -0.05) is 18.2 Å². The number of nitrogens with zero attached hydrogens (tertiary/aromatic N) is 4. The number of fused-ring (bicyclic) bond motifs is 2. The molecule has 2 aromatic heterocycles. The molecule has 2 aliphatic heterocycles. The van der Waals surface area contributed by atoms with Gasteiger partial charge in [0.05, 0.1) is 12.2 Å². The molecule has 0 radical (unpaired) electrons. The van der Waals surface area contributed by atoms with Crippen molar-refractivity contribution in [2.45, 2.75) is 32.3 Å². The van der Waals surface area contributed by atoms with Crippen LogP contribution in [0, 0.1) is 6.92 Å². The number of pyridine rings is 1. The SMILES string of the molecule is Cc1cccc2nc(C(=O)N3CC(C(=O)N4CCCCC4)Oc4ccccc43)cn12. The van der Waals surface area contributed by atoms with Crippen LogP contribution in [0.3, 0.4) is 0 Å². The summed E-state index contributed by atoms with van der Waals surface area (Å²) in [5.74, 6) is 0.269. The number of amides is 2. The minimum Gasteiger partial charge on any atom is -0.476 e. The van der Waals surface area contributed by atoms with Crippen LogP contribution in [-0.2, 0) is 4.79 Å². The zero-order valence-electron chi connectivity index (χ0n) is 17.0. The molecule has 3 aromatic rings. The highest BCUT2D eigenvalue weighted by Crippen LogP contribution is 2.34. The number of hydrogen-bond acceptors (Lipinski definition) is 4. The molecule has 2 aliphatic rings. The van der Waals surface area contributed by atoms with Gasteiger partial charge in [0.2, 0.25) is 0 Å². The molecule has 1 unspecified atom stereocenters. The van der Waals surface area contributed by atoms with E-state index < -0.39 is 6.10 Å². The summed E-state index contributed by atoms with van der Waals surface area (Å²) in [5.41, 5.74) is 2.74. The van der Waals surface area contributed by atoms with E-state index in [0.29, 0.717) is 17.1 Å². The number of benzene rings is 1. The summed E-state index contributed by atoms with van der Waals surface area (Å²) in [6.45, 7) is 3.65. The standard InChI is InChI=1S/C23H24N4O3/c1-16-8-7-11-21-24-17(14-26(16)21)22(28)27-15-20(23(29)25-12-5-2-6-13-25)30-19-10-4-3-9-18(19)27/h3-4,7-11,14,20H,2,5-6,12-13,15H2,1H3. The van der Waals surface area contributed by atoms with Gasteiger partial charge in [-0.3, -0.25) is 14.5 Å². The smallest absolute Gasteiger partial charge is 0.278 e. The lowest BCUT2D eigenvalue weighted by Gasteiger charge is -2.37. The van der Waals surface area contributed by atoms with Crippen molar-refractivity contribution < 1.29 is 14.3 Å². The predicted octanol–water partition coefficient (Wildman–Crippen LogP) is 3.06. The Morgan fingerprint density at radius 1 is 1.03 bits per heavy atom. The van der Waals surface area contributed by atoms with Crippen LogP contribution in [0.1, 0.15) is 35.4 Å². The first kappa shape index (κ1) is 18.7. The maximum absolute atomic E-state index is 13.5. The van der Waals surface area contributed by atoms with E-state index in [9.17, 15) is 9.59 Å². The number of piperidine rings is 1. The highest BCUT2D eigenvalue weighted by atomic mass is 16.5. The van der Waals surface area contributed by atoms with E-state index >= 15 is 0 Å². The topological polar surface area (TPSA) is 67.2 Å². The van der Waals surface area contributed by atoms with Gasteiger partial charge in [-0.05, 0) is 50.5 Å². The number of carbonyl (C=O) groups excluding carboxylic acids is 2. The molecule has 0 bridgehead atoms. The third-order valence-corrected chi connectivity index (χ3v) is 5.88. The number of hydrogen-bond donors (Lipinski definition) is 0. The van der Waals surface area contributed by atoms with Gasteiger partial charge in [-0.25, -0.2) is 4.98 Å². The second-order valence-corrected chi connectivity index (χ2v) is 7.90. The third kappa shape index (κ3) is 3.20. The average Bonchev–Trinajstić information content (AvgIpc) is 3.24. The fraction of sp³-hybridized carbons (Fsp3) is 0.348. The van der Waals surface area contributed by atoms with Crippen molar-refractivity contribution in [2.75, 3.05) is 24.5 Å². The predicted molar refractivity (Wildman–Crippen MR) is 113 cm³/mol. The third-order valence-electron chi connectivity index (χ3n) is 5.88. The van der Waals surface area contributed by atoms with Gasteiger partial charge in [-0.2, -0.15) is 0 Å². The summed E-state index contributed by atoms with van der Waals surface area (Å²) in [5, 5.41) is 0. The van der Waals surface area contributed by atoms with Crippen molar-refractivity contribution in [1.29, 1.82) is 0 Å². The van der Waals surface area contributed by atoms with E-state index in [2.05, 4.69) is 4.98 Å². The van der Waals surface area contributed by atoms with E-state index in [1.54, 1.807) is 17.2 Å². The van der Waals surface area contributed by atoms with Gasteiger partial charge in [-0.15, -0.1) is 0 Å². The van der Waals surface area contributed by atoms with Gasteiger partial charge in [0.15, 0.2) is 6.10 Å². The number of imidazole rings is 1. The molecule has 0 aliphatic carbocycles. The molecule has 30 heavy (non-hydrogen) atoms. The highest BCUT2D eigenvalue weighted by Gasteiger charge is 2.37. The average molecular weight is 404 g/mol.